The molecule has 4 heterocycles. The van der Waals surface area contributed by atoms with Crippen LogP contribution in [0.25, 0.3) is 22.3 Å². The summed E-state index contributed by atoms with van der Waals surface area (Å²) in [5.74, 6) is 2.40. The second-order valence-corrected chi connectivity index (χ2v) is 6.45. The van der Waals surface area contributed by atoms with Crippen LogP contribution in [0.4, 0.5) is 5.82 Å². The van der Waals surface area contributed by atoms with Crippen molar-refractivity contribution in [2.24, 2.45) is 7.05 Å². The van der Waals surface area contributed by atoms with Gasteiger partial charge in [0, 0.05) is 32.1 Å². The zero-order valence-electron chi connectivity index (χ0n) is 15.0. The number of aromatic nitrogens is 3. The molecule has 1 N–H and O–H groups in total. The van der Waals surface area contributed by atoms with Gasteiger partial charge in [-0.05, 0) is 23.8 Å². The first-order chi connectivity index (χ1) is 13.7. The highest BCUT2D eigenvalue weighted by Gasteiger charge is 2.15. The quantitative estimate of drug-likeness (QED) is 0.585. The second kappa shape index (κ2) is 6.41. The number of aryl methyl sites for hydroxylation is 1. The Kier molecular flexibility index (Phi) is 3.75. The third kappa shape index (κ3) is 2.84. The lowest BCUT2D eigenvalue weighted by atomic mass is 10.2. The molecule has 0 bridgehead atoms. The van der Waals surface area contributed by atoms with Gasteiger partial charge in [-0.25, -0.2) is 4.98 Å². The minimum atomic E-state index is -0.131. The van der Waals surface area contributed by atoms with Crippen LogP contribution in [0.5, 0.6) is 11.5 Å². The fourth-order valence-electron chi connectivity index (χ4n) is 3.14. The fraction of sp³-hybridized carbons (Fsp3) is 0.150. The molecule has 28 heavy (non-hydrogen) atoms. The van der Waals surface area contributed by atoms with E-state index in [2.05, 4.69) is 15.4 Å². The van der Waals surface area contributed by atoms with Crippen molar-refractivity contribution < 1.29 is 13.9 Å². The van der Waals surface area contributed by atoms with E-state index in [0.717, 1.165) is 22.6 Å². The molecule has 1 aliphatic rings. The molecule has 0 saturated heterocycles. The molecule has 8 heteroatoms. The van der Waals surface area contributed by atoms with Gasteiger partial charge < -0.3 is 19.2 Å². The van der Waals surface area contributed by atoms with E-state index in [9.17, 15) is 4.79 Å². The normalized spacial score (nSPS) is 12.5. The maximum atomic E-state index is 12.6. The molecule has 0 aliphatic carbocycles. The maximum absolute atomic E-state index is 12.6. The summed E-state index contributed by atoms with van der Waals surface area (Å²) in [5.41, 5.74) is 2.00. The van der Waals surface area contributed by atoms with Crippen LogP contribution in [0.1, 0.15) is 5.56 Å². The molecular weight excluding hydrogens is 360 g/mol. The molecular formula is C20H16N4O4. The number of hydrogen-bond donors (Lipinski definition) is 1. The Bertz CT molecular complexity index is 1240. The van der Waals surface area contributed by atoms with Crippen LogP contribution in [-0.4, -0.2) is 21.6 Å². The highest BCUT2D eigenvalue weighted by Crippen LogP contribution is 2.33. The number of fused-ring (bicyclic) bond motifs is 2. The minimum absolute atomic E-state index is 0.131. The number of anilines is 1. The number of nitrogens with zero attached hydrogens (tertiary/aromatic N) is 3. The summed E-state index contributed by atoms with van der Waals surface area (Å²) in [5, 5.41) is 7.84. The SMILES string of the molecule is Cn1cc(-c2cc(=O)c3ccnc(NCc4ccc5c(c4)OCO5)c3o2)cn1. The van der Waals surface area contributed by atoms with E-state index in [1.165, 1.54) is 6.07 Å². The summed E-state index contributed by atoms with van der Waals surface area (Å²) >= 11 is 0. The molecule has 0 saturated carbocycles. The molecule has 0 fully saturated rings. The van der Waals surface area contributed by atoms with Crippen LogP contribution in [-0.2, 0) is 13.6 Å². The summed E-state index contributed by atoms with van der Waals surface area (Å²) in [7, 11) is 1.81. The zero-order chi connectivity index (χ0) is 19.1. The summed E-state index contributed by atoms with van der Waals surface area (Å²) in [6.07, 6.45) is 5.03. The first-order valence-corrected chi connectivity index (χ1v) is 8.72. The molecule has 4 aromatic rings. The number of nitrogens with one attached hydrogen (secondary N) is 1. The summed E-state index contributed by atoms with van der Waals surface area (Å²) in [4.78, 5) is 16.9. The van der Waals surface area contributed by atoms with E-state index in [0.29, 0.717) is 29.1 Å². The van der Waals surface area contributed by atoms with Crippen LogP contribution in [0, 0.1) is 0 Å². The third-order valence-electron chi connectivity index (χ3n) is 4.53. The van der Waals surface area contributed by atoms with Crippen molar-refractivity contribution in [3.8, 4) is 22.8 Å². The van der Waals surface area contributed by atoms with Gasteiger partial charge >= 0.3 is 0 Å². The van der Waals surface area contributed by atoms with E-state index in [1.54, 1.807) is 29.3 Å². The molecule has 0 amide bonds. The lowest BCUT2D eigenvalue weighted by molar-refractivity contribution is 0.174. The molecule has 5 rings (SSSR count). The van der Waals surface area contributed by atoms with Crippen LogP contribution in [0.15, 0.2) is 58.1 Å². The number of hydrogen-bond acceptors (Lipinski definition) is 7. The van der Waals surface area contributed by atoms with Crippen LogP contribution in [0.2, 0.25) is 0 Å². The van der Waals surface area contributed by atoms with Crippen LogP contribution in [0.3, 0.4) is 0 Å². The van der Waals surface area contributed by atoms with Crippen LogP contribution < -0.4 is 20.2 Å². The smallest absolute Gasteiger partial charge is 0.231 e. The van der Waals surface area contributed by atoms with Gasteiger partial charge in [-0.1, -0.05) is 6.07 Å². The fourth-order valence-corrected chi connectivity index (χ4v) is 3.14. The van der Waals surface area contributed by atoms with Gasteiger partial charge in [-0.3, -0.25) is 9.48 Å². The minimum Gasteiger partial charge on any atom is -0.454 e. The molecule has 1 aromatic carbocycles. The molecule has 0 radical (unpaired) electrons. The molecule has 0 spiro atoms. The van der Waals surface area contributed by atoms with E-state index >= 15 is 0 Å². The van der Waals surface area contributed by atoms with Gasteiger partial charge in [0.2, 0.25) is 6.79 Å². The molecule has 3 aromatic heterocycles. The van der Waals surface area contributed by atoms with E-state index < -0.39 is 0 Å². The lowest BCUT2D eigenvalue weighted by Gasteiger charge is -2.09. The first-order valence-electron chi connectivity index (χ1n) is 8.72. The van der Waals surface area contributed by atoms with Gasteiger partial charge in [0.05, 0.1) is 17.1 Å². The number of rotatable bonds is 4. The lowest BCUT2D eigenvalue weighted by Crippen LogP contribution is -2.06. The monoisotopic (exact) mass is 376 g/mol. The highest BCUT2D eigenvalue weighted by molar-refractivity contribution is 5.87. The van der Waals surface area contributed by atoms with Crippen molar-refractivity contribution in [3.63, 3.8) is 0 Å². The number of pyridine rings is 1. The Morgan fingerprint density at radius 3 is 2.93 bits per heavy atom. The molecule has 8 nitrogen and oxygen atoms in total. The summed E-state index contributed by atoms with van der Waals surface area (Å²) in [6, 6.07) is 8.86. The van der Waals surface area contributed by atoms with Crippen molar-refractivity contribution >= 4 is 16.8 Å². The van der Waals surface area contributed by atoms with Gasteiger partial charge in [0.1, 0.15) is 5.76 Å². The average Bonchev–Trinajstić information content (AvgIpc) is 3.34. The van der Waals surface area contributed by atoms with Crippen molar-refractivity contribution in [3.05, 3.63) is 64.7 Å². The first kappa shape index (κ1) is 16.4. The van der Waals surface area contributed by atoms with E-state index in [4.69, 9.17) is 13.9 Å². The predicted octanol–water partition coefficient (Wildman–Crippen LogP) is 2.93. The Morgan fingerprint density at radius 2 is 2.07 bits per heavy atom. The van der Waals surface area contributed by atoms with Crippen molar-refractivity contribution in [1.29, 1.82) is 0 Å². The molecule has 1 aliphatic heterocycles. The summed E-state index contributed by atoms with van der Waals surface area (Å²) in [6.45, 7) is 0.725. The van der Waals surface area contributed by atoms with E-state index in [-0.39, 0.29) is 12.2 Å². The topological polar surface area (TPSA) is 91.4 Å². The van der Waals surface area contributed by atoms with Gasteiger partial charge in [0.25, 0.3) is 0 Å². The molecule has 140 valence electrons. The van der Waals surface area contributed by atoms with Crippen molar-refractivity contribution in [2.45, 2.75) is 6.54 Å². The highest BCUT2D eigenvalue weighted by atomic mass is 16.7. The largest absolute Gasteiger partial charge is 0.454 e. The van der Waals surface area contributed by atoms with Gasteiger partial charge in [-0.2, -0.15) is 5.10 Å². The van der Waals surface area contributed by atoms with Gasteiger partial charge in [-0.15, -0.1) is 0 Å². The Morgan fingerprint density at radius 1 is 1.18 bits per heavy atom. The second-order valence-electron chi connectivity index (χ2n) is 6.45. The Hall–Kier alpha value is -3.81. The standard InChI is InChI=1S/C20H16N4O4/c1-24-10-13(9-23-24)17-7-15(25)14-4-5-21-20(19(14)28-17)22-8-12-2-3-16-18(6-12)27-11-26-16/h2-7,9-10H,8,11H2,1H3,(H,21,22). The van der Waals surface area contributed by atoms with Crippen molar-refractivity contribution in [2.75, 3.05) is 12.1 Å². The summed E-state index contributed by atoms with van der Waals surface area (Å²) < 4.78 is 18.4. The number of benzene rings is 1. The maximum Gasteiger partial charge on any atom is 0.231 e. The molecule has 0 unspecified atom stereocenters. The van der Waals surface area contributed by atoms with Gasteiger partial charge in [0.15, 0.2) is 28.3 Å². The predicted molar refractivity (Wildman–Crippen MR) is 102 cm³/mol. The van der Waals surface area contributed by atoms with Crippen molar-refractivity contribution in [1.82, 2.24) is 14.8 Å². The third-order valence-corrected chi connectivity index (χ3v) is 4.53. The molecule has 0 atom stereocenters. The average molecular weight is 376 g/mol. The van der Waals surface area contributed by atoms with E-state index in [1.807, 2.05) is 25.2 Å². The Balaban J connectivity index is 1.50. The Labute approximate surface area is 159 Å². The number of ether oxygens (including phenoxy) is 2. The zero-order valence-corrected chi connectivity index (χ0v) is 15.0. The van der Waals surface area contributed by atoms with Crippen LogP contribution >= 0.6 is 0 Å².